The van der Waals surface area contributed by atoms with Crippen LogP contribution in [0.5, 0.6) is 5.75 Å². The number of amides is 1. The molecule has 0 saturated heterocycles. The number of carbonyl (C=O) groups excluding carboxylic acids is 1. The van der Waals surface area contributed by atoms with E-state index in [0.29, 0.717) is 12.1 Å². The van der Waals surface area contributed by atoms with Crippen molar-refractivity contribution in [2.24, 2.45) is 0 Å². The van der Waals surface area contributed by atoms with Gasteiger partial charge in [-0.2, -0.15) is 8.78 Å². The Balaban J connectivity index is 1.93. The van der Waals surface area contributed by atoms with Crippen molar-refractivity contribution < 1.29 is 23.0 Å². The summed E-state index contributed by atoms with van der Waals surface area (Å²) in [5.41, 5.74) is 1.31. The van der Waals surface area contributed by atoms with Crippen LogP contribution in [-0.4, -0.2) is 26.2 Å². The maximum Gasteiger partial charge on any atom is 0.387 e. The average molecular weight is 321 g/mol. The van der Waals surface area contributed by atoms with E-state index in [0.717, 1.165) is 5.56 Å². The highest BCUT2D eigenvalue weighted by molar-refractivity contribution is 5.94. The maximum absolute atomic E-state index is 12.1. The number of benzene rings is 2. The van der Waals surface area contributed by atoms with E-state index in [-0.39, 0.29) is 17.8 Å². The van der Waals surface area contributed by atoms with Gasteiger partial charge in [-0.15, -0.1) is 0 Å². The van der Waals surface area contributed by atoms with Crippen molar-refractivity contribution in [3.8, 4) is 5.75 Å². The third-order valence-corrected chi connectivity index (χ3v) is 3.25. The van der Waals surface area contributed by atoms with Gasteiger partial charge in [-0.1, -0.05) is 30.3 Å². The lowest BCUT2D eigenvalue weighted by molar-refractivity contribution is -0.0498. The van der Waals surface area contributed by atoms with Gasteiger partial charge in [0, 0.05) is 19.2 Å². The Bertz CT molecular complexity index is 617. The molecule has 2 rings (SSSR count). The number of carbonyl (C=O) groups is 1. The largest absolute Gasteiger partial charge is 0.435 e. The average Bonchev–Trinajstić information content (AvgIpc) is 2.56. The number of hydrogen-bond donors (Lipinski definition) is 1. The Morgan fingerprint density at radius 1 is 1.09 bits per heavy atom. The summed E-state index contributed by atoms with van der Waals surface area (Å²) in [5.74, 6) is -0.304. The summed E-state index contributed by atoms with van der Waals surface area (Å²) in [4.78, 5) is 12.1. The van der Waals surface area contributed by atoms with Crippen molar-refractivity contribution in [2.75, 3.05) is 13.7 Å². The number of rotatable bonds is 7. The first kappa shape index (κ1) is 16.9. The molecule has 1 amide bonds. The lowest BCUT2D eigenvalue weighted by atomic mass is 10.1. The second-order valence-corrected chi connectivity index (χ2v) is 4.75. The second-order valence-electron chi connectivity index (χ2n) is 4.75. The number of nitrogens with one attached hydrogen (secondary N) is 1. The van der Waals surface area contributed by atoms with Gasteiger partial charge in [0.05, 0.1) is 6.10 Å². The highest BCUT2D eigenvalue weighted by atomic mass is 19.3. The highest BCUT2D eigenvalue weighted by Crippen LogP contribution is 2.17. The standard InChI is InChI=1S/C17H17F2NO3/c1-22-15(12-5-3-2-4-6-12)11-20-16(21)13-7-9-14(10-8-13)23-17(18)19/h2-10,15,17H,11H2,1H3,(H,20,21). The Morgan fingerprint density at radius 2 is 1.74 bits per heavy atom. The van der Waals surface area contributed by atoms with Crippen molar-refractivity contribution in [3.63, 3.8) is 0 Å². The van der Waals surface area contributed by atoms with Gasteiger partial charge in [0.15, 0.2) is 0 Å². The van der Waals surface area contributed by atoms with Gasteiger partial charge in [0.25, 0.3) is 5.91 Å². The molecule has 0 aliphatic carbocycles. The molecule has 0 aliphatic rings. The summed E-state index contributed by atoms with van der Waals surface area (Å²) in [6, 6.07) is 15.0. The first-order valence-corrected chi connectivity index (χ1v) is 7.01. The van der Waals surface area contributed by atoms with Crippen molar-refractivity contribution in [2.45, 2.75) is 12.7 Å². The van der Waals surface area contributed by atoms with Crippen LogP contribution in [0.3, 0.4) is 0 Å². The highest BCUT2D eigenvalue weighted by Gasteiger charge is 2.13. The van der Waals surface area contributed by atoms with E-state index in [1.165, 1.54) is 24.3 Å². The summed E-state index contributed by atoms with van der Waals surface area (Å²) in [6.45, 7) is -2.59. The van der Waals surface area contributed by atoms with Crippen LogP contribution in [-0.2, 0) is 4.74 Å². The molecule has 2 aromatic carbocycles. The number of methoxy groups -OCH3 is 1. The van der Waals surface area contributed by atoms with Gasteiger partial charge in [0.2, 0.25) is 0 Å². The van der Waals surface area contributed by atoms with E-state index in [1.807, 2.05) is 30.3 Å². The van der Waals surface area contributed by atoms with Crippen LogP contribution in [0.2, 0.25) is 0 Å². The SMILES string of the molecule is COC(CNC(=O)c1ccc(OC(F)F)cc1)c1ccccc1. The van der Waals surface area contributed by atoms with E-state index in [1.54, 1.807) is 7.11 Å². The maximum atomic E-state index is 12.1. The zero-order chi connectivity index (χ0) is 16.7. The predicted molar refractivity (Wildman–Crippen MR) is 81.6 cm³/mol. The minimum Gasteiger partial charge on any atom is -0.435 e. The molecule has 1 N–H and O–H groups in total. The molecule has 0 saturated carbocycles. The summed E-state index contributed by atoms with van der Waals surface area (Å²) in [5, 5.41) is 2.76. The fourth-order valence-corrected chi connectivity index (χ4v) is 2.08. The lowest BCUT2D eigenvalue weighted by Gasteiger charge is -2.16. The van der Waals surface area contributed by atoms with Gasteiger partial charge >= 0.3 is 6.61 Å². The minimum atomic E-state index is -2.89. The fourth-order valence-electron chi connectivity index (χ4n) is 2.08. The van der Waals surface area contributed by atoms with Crippen molar-refractivity contribution in [3.05, 3.63) is 65.7 Å². The molecule has 6 heteroatoms. The fraction of sp³-hybridized carbons (Fsp3) is 0.235. The van der Waals surface area contributed by atoms with Crippen LogP contribution in [0.4, 0.5) is 8.78 Å². The third kappa shape index (κ3) is 5.03. The van der Waals surface area contributed by atoms with E-state index in [4.69, 9.17) is 4.74 Å². The molecule has 0 aromatic heterocycles. The summed E-state index contributed by atoms with van der Waals surface area (Å²) in [7, 11) is 1.57. The summed E-state index contributed by atoms with van der Waals surface area (Å²) >= 11 is 0. The zero-order valence-corrected chi connectivity index (χ0v) is 12.5. The predicted octanol–water partition coefficient (Wildman–Crippen LogP) is 3.41. The summed E-state index contributed by atoms with van der Waals surface area (Å²) < 4.78 is 33.8. The molecule has 0 aliphatic heterocycles. The topological polar surface area (TPSA) is 47.6 Å². The minimum absolute atomic E-state index is 0.00982. The molecule has 0 fully saturated rings. The number of alkyl halides is 2. The number of halogens is 2. The quantitative estimate of drug-likeness (QED) is 0.850. The van der Waals surface area contributed by atoms with Crippen molar-refractivity contribution in [1.29, 1.82) is 0 Å². The van der Waals surface area contributed by atoms with Crippen LogP contribution in [0, 0.1) is 0 Å². The van der Waals surface area contributed by atoms with Gasteiger partial charge in [0.1, 0.15) is 5.75 Å². The van der Waals surface area contributed by atoms with E-state index in [2.05, 4.69) is 10.1 Å². The molecule has 1 unspecified atom stereocenters. The Morgan fingerprint density at radius 3 is 2.30 bits per heavy atom. The van der Waals surface area contributed by atoms with Crippen LogP contribution in [0.1, 0.15) is 22.0 Å². The Labute approximate surface area is 133 Å². The smallest absolute Gasteiger partial charge is 0.387 e. The third-order valence-electron chi connectivity index (χ3n) is 3.25. The molecule has 2 aromatic rings. The van der Waals surface area contributed by atoms with Crippen LogP contribution < -0.4 is 10.1 Å². The molecule has 1 atom stereocenters. The normalized spacial score (nSPS) is 12.0. The molecule has 0 spiro atoms. The second kappa shape index (κ2) is 8.24. The molecular formula is C17H17F2NO3. The molecule has 0 bridgehead atoms. The van der Waals surface area contributed by atoms with Gasteiger partial charge in [-0.05, 0) is 29.8 Å². The van der Waals surface area contributed by atoms with E-state index in [9.17, 15) is 13.6 Å². The molecule has 0 heterocycles. The van der Waals surface area contributed by atoms with E-state index < -0.39 is 6.61 Å². The van der Waals surface area contributed by atoms with Gasteiger partial charge in [-0.3, -0.25) is 4.79 Å². The molecule has 23 heavy (non-hydrogen) atoms. The molecule has 4 nitrogen and oxygen atoms in total. The first-order chi connectivity index (χ1) is 11.1. The molecular weight excluding hydrogens is 304 g/mol. The van der Waals surface area contributed by atoms with Crippen LogP contribution in [0.15, 0.2) is 54.6 Å². The zero-order valence-electron chi connectivity index (χ0n) is 12.5. The first-order valence-electron chi connectivity index (χ1n) is 7.01. The Kier molecular flexibility index (Phi) is 6.05. The summed E-state index contributed by atoms with van der Waals surface area (Å²) in [6.07, 6.45) is -0.262. The van der Waals surface area contributed by atoms with Crippen molar-refractivity contribution >= 4 is 5.91 Å². The molecule has 122 valence electrons. The van der Waals surface area contributed by atoms with Gasteiger partial charge in [-0.25, -0.2) is 0 Å². The Hall–Kier alpha value is -2.47. The van der Waals surface area contributed by atoms with Crippen molar-refractivity contribution in [1.82, 2.24) is 5.32 Å². The van der Waals surface area contributed by atoms with Crippen LogP contribution in [0.25, 0.3) is 0 Å². The van der Waals surface area contributed by atoms with Gasteiger partial charge < -0.3 is 14.8 Å². The molecule has 0 radical (unpaired) electrons. The van der Waals surface area contributed by atoms with E-state index >= 15 is 0 Å². The van der Waals surface area contributed by atoms with Crippen LogP contribution >= 0.6 is 0 Å². The number of hydrogen-bond acceptors (Lipinski definition) is 3. The monoisotopic (exact) mass is 321 g/mol. The lowest BCUT2D eigenvalue weighted by Crippen LogP contribution is -2.29. The number of ether oxygens (including phenoxy) is 2.